The zero-order valence-electron chi connectivity index (χ0n) is 14.9. The summed E-state index contributed by atoms with van der Waals surface area (Å²) in [4.78, 5) is 4.10. The molecule has 1 aromatic carbocycles. The Hall–Kier alpha value is -2.11. The summed E-state index contributed by atoms with van der Waals surface area (Å²) in [7, 11) is 1.76. The van der Waals surface area contributed by atoms with E-state index in [4.69, 9.17) is 16.0 Å². The Kier molecular flexibility index (Phi) is 5.79. The Balaban J connectivity index is 2.17. The highest BCUT2D eigenvalue weighted by Crippen LogP contribution is 2.47. The minimum atomic E-state index is 0.0766. The van der Waals surface area contributed by atoms with E-state index in [2.05, 4.69) is 29.5 Å². The number of rotatable bonds is 6. The van der Waals surface area contributed by atoms with Crippen LogP contribution >= 0.6 is 23.4 Å². The van der Waals surface area contributed by atoms with Crippen LogP contribution in [0.4, 0.5) is 5.88 Å². The molecule has 2 heterocycles. The molecule has 1 unspecified atom stereocenters. The van der Waals surface area contributed by atoms with Gasteiger partial charge in [0.1, 0.15) is 0 Å². The Bertz CT molecular complexity index is 892. The number of anilines is 1. The molecular formula is C20H21ClN2O2S. The molecule has 0 aliphatic rings. The molecular weight excluding hydrogens is 368 g/mol. The van der Waals surface area contributed by atoms with Crippen LogP contribution in [-0.4, -0.2) is 23.4 Å². The van der Waals surface area contributed by atoms with Crippen molar-refractivity contribution < 1.29 is 9.52 Å². The number of nitrogens with zero attached hydrogens (tertiary/aromatic N) is 1. The molecule has 0 aliphatic carbocycles. The Morgan fingerprint density at radius 2 is 2.12 bits per heavy atom. The lowest BCUT2D eigenvalue weighted by molar-refractivity contribution is 0.466. The topological polar surface area (TPSA) is 58.3 Å². The first-order valence-corrected chi connectivity index (χ1v) is 10.0. The van der Waals surface area contributed by atoms with Crippen molar-refractivity contribution in [1.82, 2.24) is 4.98 Å². The largest absolute Gasteiger partial charge is 0.504 e. The second-order valence-electron chi connectivity index (χ2n) is 5.88. The maximum absolute atomic E-state index is 10.9. The third kappa shape index (κ3) is 3.55. The number of aromatic hydroxyl groups is 1. The maximum atomic E-state index is 10.9. The standard InChI is InChI=1S/C20H21ClN2O2S/c1-4-16(26-3)13-8-14(10-15(21)9-13)17-18(24)19(25-20(17)22-2)12-6-5-7-23-11-12/h5-11,16,22,24H,4H2,1-3H3. The van der Waals surface area contributed by atoms with Crippen LogP contribution in [0, 0.1) is 0 Å². The molecule has 26 heavy (non-hydrogen) atoms. The summed E-state index contributed by atoms with van der Waals surface area (Å²) < 4.78 is 5.88. The van der Waals surface area contributed by atoms with Crippen LogP contribution in [0.2, 0.25) is 5.02 Å². The number of halogens is 1. The summed E-state index contributed by atoms with van der Waals surface area (Å²) in [6, 6.07) is 9.54. The lowest BCUT2D eigenvalue weighted by atomic mass is 10.0. The predicted octanol–water partition coefficient (Wildman–Crippen LogP) is 6.22. The van der Waals surface area contributed by atoms with Crippen LogP contribution in [0.15, 0.2) is 47.1 Å². The van der Waals surface area contributed by atoms with Gasteiger partial charge in [-0.25, -0.2) is 0 Å². The van der Waals surface area contributed by atoms with Gasteiger partial charge in [0, 0.05) is 35.3 Å². The van der Waals surface area contributed by atoms with Gasteiger partial charge < -0.3 is 14.8 Å². The van der Waals surface area contributed by atoms with E-state index in [1.165, 1.54) is 0 Å². The summed E-state index contributed by atoms with van der Waals surface area (Å²) in [6.07, 6.45) is 6.42. The van der Waals surface area contributed by atoms with Crippen molar-refractivity contribution in [1.29, 1.82) is 0 Å². The van der Waals surface area contributed by atoms with Crippen molar-refractivity contribution in [3.8, 4) is 28.2 Å². The first-order chi connectivity index (χ1) is 12.6. The van der Waals surface area contributed by atoms with E-state index in [-0.39, 0.29) is 5.75 Å². The number of hydrogen-bond acceptors (Lipinski definition) is 5. The third-order valence-electron chi connectivity index (χ3n) is 4.27. The molecule has 4 nitrogen and oxygen atoms in total. The van der Waals surface area contributed by atoms with Crippen LogP contribution in [0.1, 0.15) is 24.2 Å². The fourth-order valence-electron chi connectivity index (χ4n) is 3.04. The van der Waals surface area contributed by atoms with Gasteiger partial charge in [0.05, 0.1) is 5.56 Å². The Labute approximate surface area is 162 Å². The van der Waals surface area contributed by atoms with Gasteiger partial charge in [-0.05, 0) is 54.1 Å². The van der Waals surface area contributed by atoms with Gasteiger partial charge in [-0.2, -0.15) is 11.8 Å². The average molecular weight is 389 g/mol. The maximum Gasteiger partial charge on any atom is 0.205 e. The number of nitrogens with one attached hydrogen (secondary N) is 1. The Morgan fingerprint density at radius 3 is 2.73 bits per heavy atom. The summed E-state index contributed by atoms with van der Waals surface area (Å²) in [5.74, 6) is 0.954. The molecule has 0 spiro atoms. The number of benzene rings is 1. The molecule has 0 radical (unpaired) electrons. The molecule has 0 fully saturated rings. The van der Waals surface area contributed by atoms with E-state index >= 15 is 0 Å². The van der Waals surface area contributed by atoms with Gasteiger partial charge in [-0.1, -0.05) is 18.5 Å². The van der Waals surface area contributed by atoms with E-state index in [0.717, 1.165) is 17.5 Å². The first-order valence-electron chi connectivity index (χ1n) is 8.36. The summed E-state index contributed by atoms with van der Waals surface area (Å²) in [5.41, 5.74) is 3.27. The smallest absolute Gasteiger partial charge is 0.205 e. The third-order valence-corrected chi connectivity index (χ3v) is 5.66. The van der Waals surface area contributed by atoms with Crippen molar-refractivity contribution in [2.24, 2.45) is 0 Å². The van der Waals surface area contributed by atoms with Crippen molar-refractivity contribution in [2.45, 2.75) is 18.6 Å². The fourth-order valence-corrected chi connectivity index (χ4v) is 4.03. The number of thioether (sulfide) groups is 1. The van der Waals surface area contributed by atoms with Crippen LogP contribution in [0.5, 0.6) is 5.75 Å². The average Bonchev–Trinajstić information content (AvgIpc) is 2.99. The highest BCUT2D eigenvalue weighted by atomic mass is 35.5. The van der Waals surface area contributed by atoms with Crippen LogP contribution in [0.25, 0.3) is 22.5 Å². The van der Waals surface area contributed by atoms with Gasteiger partial charge in [0.25, 0.3) is 0 Å². The molecule has 3 rings (SSSR count). The lowest BCUT2D eigenvalue weighted by Crippen LogP contribution is -1.94. The summed E-state index contributed by atoms with van der Waals surface area (Å²) in [6.45, 7) is 2.15. The van der Waals surface area contributed by atoms with E-state index < -0.39 is 0 Å². The van der Waals surface area contributed by atoms with Crippen molar-refractivity contribution in [3.63, 3.8) is 0 Å². The van der Waals surface area contributed by atoms with Gasteiger partial charge >= 0.3 is 0 Å². The van der Waals surface area contributed by atoms with Crippen LogP contribution in [-0.2, 0) is 0 Å². The summed E-state index contributed by atoms with van der Waals surface area (Å²) >= 11 is 8.16. The second-order valence-corrected chi connectivity index (χ2v) is 7.36. The Morgan fingerprint density at radius 1 is 1.31 bits per heavy atom. The van der Waals surface area contributed by atoms with Crippen LogP contribution < -0.4 is 5.32 Å². The zero-order valence-corrected chi connectivity index (χ0v) is 16.5. The number of furan rings is 1. The fraction of sp³-hybridized carbons (Fsp3) is 0.250. The van der Waals surface area contributed by atoms with E-state index in [9.17, 15) is 5.11 Å². The second kappa shape index (κ2) is 8.06. The first kappa shape index (κ1) is 18.7. The van der Waals surface area contributed by atoms with Crippen molar-refractivity contribution >= 4 is 29.2 Å². The molecule has 3 aromatic rings. The van der Waals surface area contributed by atoms with Gasteiger partial charge in [-0.15, -0.1) is 0 Å². The minimum absolute atomic E-state index is 0.0766. The van der Waals surface area contributed by atoms with Gasteiger partial charge in [0.2, 0.25) is 5.88 Å². The van der Waals surface area contributed by atoms with Crippen LogP contribution in [0.3, 0.4) is 0 Å². The van der Waals surface area contributed by atoms with E-state index in [0.29, 0.717) is 33.0 Å². The molecule has 136 valence electrons. The molecule has 0 saturated carbocycles. The SMILES string of the molecule is CCC(SC)c1cc(Cl)cc(-c2c(NC)oc(-c3cccnc3)c2O)c1. The lowest BCUT2D eigenvalue weighted by Gasteiger charge is -2.14. The molecule has 0 bridgehead atoms. The quantitative estimate of drug-likeness (QED) is 0.524. The van der Waals surface area contributed by atoms with Crippen molar-refractivity contribution in [2.75, 3.05) is 18.6 Å². The highest BCUT2D eigenvalue weighted by molar-refractivity contribution is 7.98. The minimum Gasteiger partial charge on any atom is -0.504 e. The van der Waals surface area contributed by atoms with Crippen molar-refractivity contribution in [3.05, 3.63) is 53.3 Å². The monoisotopic (exact) mass is 388 g/mol. The molecule has 6 heteroatoms. The number of pyridine rings is 1. The molecule has 0 saturated heterocycles. The van der Waals surface area contributed by atoms with Gasteiger partial charge in [0.15, 0.2) is 11.5 Å². The highest BCUT2D eigenvalue weighted by Gasteiger charge is 2.23. The van der Waals surface area contributed by atoms with E-state index in [1.54, 1.807) is 37.3 Å². The normalized spacial score (nSPS) is 12.2. The molecule has 0 amide bonds. The molecule has 2 N–H and O–H groups in total. The van der Waals surface area contributed by atoms with Gasteiger partial charge in [-0.3, -0.25) is 4.98 Å². The molecule has 1 atom stereocenters. The number of hydrogen-bond donors (Lipinski definition) is 2. The molecule has 2 aromatic heterocycles. The predicted molar refractivity (Wildman–Crippen MR) is 110 cm³/mol. The number of aromatic nitrogens is 1. The van der Waals surface area contributed by atoms with E-state index in [1.807, 2.05) is 18.2 Å². The summed E-state index contributed by atoms with van der Waals surface area (Å²) in [5, 5.41) is 14.9. The zero-order chi connectivity index (χ0) is 18.7. The molecule has 0 aliphatic heterocycles.